The van der Waals surface area contributed by atoms with Crippen LogP contribution in [0.4, 0.5) is 5.69 Å². The summed E-state index contributed by atoms with van der Waals surface area (Å²) in [7, 11) is 0. The van der Waals surface area contributed by atoms with Crippen molar-refractivity contribution in [1.29, 1.82) is 0 Å². The number of nitrogens with zero attached hydrogens (tertiary/aromatic N) is 4. The highest BCUT2D eigenvalue weighted by molar-refractivity contribution is 7.98. The molecule has 0 saturated heterocycles. The number of carbonyl (C=O) groups excluding carboxylic acids is 1. The number of nitrogens with one attached hydrogen (secondary N) is 1. The summed E-state index contributed by atoms with van der Waals surface area (Å²) >= 11 is 7.66. The minimum Gasteiger partial charge on any atom is -0.325 e. The average molecular weight is 338 g/mol. The Labute approximate surface area is 137 Å². The van der Waals surface area contributed by atoms with Gasteiger partial charge in [0.1, 0.15) is 0 Å². The van der Waals surface area contributed by atoms with Gasteiger partial charge in [-0.15, -0.1) is 5.10 Å². The molecule has 1 aliphatic carbocycles. The maximum Gasteiger partial charge on any atom is 0.225 e. The predicted octanol–water partition coefficient (Wildman–Crippen LogP) is 2.92. The van der Waals surface area contributed by atoms with E-state index in [4.69, 9.17) is 11.6 Å². The topological polar surface area (TPSA) is 72.7 Å². The predicted molar refractivity (Wildman–Crippen MR) is 86.9 cm³/mol. The fraction of sp³-hybridized carbons (Fsp3) is 0.429. The van der Waals surface area contributed by atoms with Gasteiger partial charge in [-0.25, -0.2) is 4.68 Å². The summed E-state index contributed by atoms with van der Waals surface area (Å²) in [6.45, 7) is 0. The Morgan fingerprint density at radius 3 is 3.00 bits per heavy atom. The number of anilines is 1. The lowest BCUT2D eigenvalue weighted by atomic mass is 10.3. The van der Waals surface area contributed by atoms with Gasteiger partial charge in [-0.1, -0.05) is 23.7 Å². The molecule has 3 rings (SSSR count). The SMILES string of the molecule is O=C(CCSCc1nnnn1C1CC1)Nc1ccccc1Cl. The van der Waals surface area contributed by atoms with E-state index in [9.17, 15) is 4.79 Å². The molecule has 1 heterocycles. The van der Waals surface area contributed by atoms with Gasteiger partial charge in [-0.3, -0.25) is 4.79 Å². The second-order valence-corrected chi connectivity index (χ2v) is 6.61. The molecule has 1 fully saturated rings. The highest BCUT2D eigenvalue weighted by atomic mass is 35.5. The molecule has 1 aliphatic rings. The third-order valence-corrected chi connectivity index (χ3v) is 4.59. The number of benzene rings is 1. The van der Waals surface area contributed by atoms with E-state index in [1.165, 1.54) is 0 Å². The number of rotatable bonds is 7. The Morgan fingerprint density at radius 1 is 1.41 bits per heavy atom. The number of aromatic nitrogens is 4. The smallest absolute Gasteiger partial charge is 0.225 e. The molecule has 2 aromatic rings. The van der Waals surface area contributed by atoms with Crippen molar-refractivity contribution in [1.82, 2.24) is 20.2 Å². The van der Waals surface area contributed by atoms with Crippen molar-refractivity contribution >= 4 is 35.0 Å². The second kappa shape index (κ2) is 7.11. The third-order valence-electron chi connectivity index (χ3n) is 3.31. The maximum atomic E-state index is 11.9. The summed E-state index contributed by atoms with van der Waals surface area (Å²) in [5.74, 6) is 2.29. The molecular weight excluding hydrogens is 322 g/mol. The molecule has 1 aromatic heterocycles. The summed E-state index contributed by atoms with van der Waals surface area (Å²) in [5, 5.41) is 15.1. The van der Waals surface area contributed by atoms with Crippen LogP contribution in [0.3, 0.4) is 0 Å². The molecule has 0 unspecified atom stereocenters. The van der Waals surface area contributed by atoms with Gasteiger partial charge in [0.25, 0.3) is 0 Å². The van der Waals surface area contributed by atoms with Gasteiger partial charge in [0.2, 0.25) is 5.91 Å². The molecule has 1 aromatic carbocycles. The Bertz CT molecular complexity index is 658. The zero-order chi connectivity index (χ0) is 15.4. The summed E-state index contributed by atoms with van der Waals surface area (Å²) in [6.07, 6.45) is 2.74. The minimum atomic E-state index is -0.0395. The summed E-state index contributed by atoms with van der Waals surface area (Å²) < 4.78 is 1.90. The van der Waals surface area contributed by atoms with Gasteiger partial charge in [0.15, 0.2) is 5.82 Å². The number of amides is 1. The quantitative estimate of drug-likeness (QED) is 0.786. The van der Waals surface area contributed by atoms with E-state index in [1.807, 2.05) is 16.8 Å². The standard InChI is InChI=1S/C14H16ClN5OS/c15-11-3-1-2-4-12(11)16-14(21)7-8-22-9-13-17-18-19-20(13)10-5-6-10/h1-4,10H,5-9H2,(H,16,21). The van der Waals surface area contributed by atoms with Crippen molar-refractivity contribution in [3.05, 3.63) is 35.1 Å². The zero-order valence-corrected chi connectivity index (χ0v) is 13.5. The summed E-state index contributed by atoms with van der Waals surface area (Å²) in [5.41, 5.74) is 0.650. The lowest BCUT2D eigenvalue weighted by molar-refractivity contribution is -0.115. The lowest BCUT2D eigenvalue weighted by Crippen LogP contribution is -2.12. The molecule has 1 N–H and O–H groups in total. The molecule has 0 aliphatic heterocycles. The van der Waals surface area contributed by atoms with Crippen LogP contribution in [0.5, 0.6) is 0 Å². The number of thioether (sulfide) groups is 1. The van der Waals surface area contributed by atoms with Crippen molar-refractivity contribution in [2.24, 2.45) is 0 Å². The van der Waals surface area contributed by atoms with Crippen molar-refractivity contribution in [3.8, 4) is 0 Å². The van der Waals surface area contributed by atoms with Crippen molar-refractivity contribution in [3.63, 3.8) is 0 Å². The molecule has 1 amide bonds. The first kappa shape index (κ1) is 15.3. The number of carbonyl (C=O) groups is 1. The highest BCUT2D eigenvalue weighted by Crippen LogP contribution is 2.34. The van der Waals surface area contributed by atoms with Crippen LogP contribution in [0.15, 0.2) is 24.3 Å². The van der Waals surface area contributed by atoms with Gasteiger partial charge < -0.3 is 5.32 Å². The first-order chi connectivity index (χ1) is 10.7. The molecule has 0 bridgehead atoms. The van der Waals surface area contributed by atoms with Crippen LogP contribution < -0.4 is 5.32 Å². The fourth-order valence-electron chi connectivity index (χ4n) is 2.01. The van der Waals surface area contributed by atoms with Crippen LogP contribution in [0.1, 0.15) is 31.1 Å². The van der Waals surface area contributed by atoms with E-state index in [1.54, 1.807) is 23.9 Å². The highest BCUT2D eigenvalue weighted by Gasteiger charge is 2.27. The summed E-state index contributed by atoms with van der Waals surface area (Å²) in [4.78, 5) is 11.9. The monoisotopic (exact) mass is 337 g/mol. The molecule has 0 atom stereocenters. The maximum absolute atomic E-state index is 11.9. The molecular formula is C14H16ClN5OS. The average Bonchev–Trinajstić information content (AvgIpc) is 3.25. The summed E-state index contributed by atoms with van der Waals surface area (Å²) in [6, 6.07) is 7.70. The van der Waals surface area contributed by atoms with E-state index < -0.39 is 0 Å². The molecule has 0 spiro atoms. The normalized spacial score (nSPS) is 14.0. The minimum absolute atomic E-state index is 0.0395. The number of tetrazole rings is 1. The number of halogens is 1. The largest absolute Gasteiger partial charge is 0.325 e. The molecule has 22 heavy (non-hydrogen) atoms. The van der Waals surface area contributed by atoms with Crippen LogP contribution in [-0.4, -0.2) is 31.9 Å². The second-order valence-electron chi connectivity index (χ2n) is 5.10. The van der Waals surface area contributed by atoms with Crippen molar-refractivity contribution in [2.45, 2.75) is 31.1 Å². The third kappa shape index (κ3) is 3.98. The lowest BCUT2D eigenvalue weighted by Gasteiger charge is -2.06. The first-order valence-corrected chi connectivity index (χ1v) is 8.66. The Kier molecular flexibility index (Phi) is 4.94. The van der Waals surface area contributed by atoms with Crippen LogP contribution in [0.2, 0.25) is 5.02 Å². The van der Waals surface area contributed by atoms with Gasteiger partial charge in [0.05, 0.1) is 22.5 Å². The number of para-hydroxylation sites is 1. The van der Waals surface area contributed by atoms with E-state index in [0.717, 1.165) is 24.4 Å². The van der Waals surface area contributed by atoms with Crippen LogP contribution in [0.25, 0.3) is 0 Å². The van der Waals surface area contributed by atoms with Crippen LogP contribution in [0, 0.1) is 0 Å². The van der Waals surface area contributed by atoms with Gasteiger partial charge >= 0.3 is 0 Å². The van der Waals surface area contributed by atoms with Crippen LogP contribution in [-0.2, 0) is 10.5 Å². The van der Waals surface area contributed by atoms with Crippen molar-refractivity contribution < 1.29 is 4.79 Å². The van der Waals surface area contributed by atoms with Gasteiger partial charge in [-0.2, -0.15) is 11.8 Å². The number of hydrogen-bond acceptors (Lipinski definition) is 5. The number of hydrogen-bond donors (Lipinski definition) is 1. The van der Waals surface area contributed by atoms with E-state index in [-0.39, 0.29) is 5.91 Å². The molecule has 8 heteroatoms. The Balaban J connectivity index is 1.40. The van der Waals surface area contributed by atoms with Crippen LogP contribution >= 0.6 is 23.4 Å². The molecule has 1 saturated carbocycles. The van der Waals surface area contributed by atoms with E-state index in [2.05, 4.69) is 20.8 Å². The van der Waals surface area contributed by atoms with Crippen molar-refractivity contribution in [2.75, 3.05) is 11.1 Å². The molecule has 116 valence electrons. The van der Waals surface area contributed by atoms with E-state index >= 15 is 0 Å². The van der Waals surface area contributed by atoms with Gasteiger partial charge in [0, 0.05) is 12.2 Å². The first-order valence-electron chi connectivity index (χ1n) is 7.13. The Morgan fingerprint density at radius 2 is 2.23 bits per heavy atom. The fourth-order valence-corrected chi connectivity index (χ4v) is 3.04. The zero-order valence-electron chi connectivity index (χ0n) is 11.9. The van der Waals surface area contributed by atoms with Gasteiger partial charge in [-0.05, 0) is 35.4 Å². The van der Waals surface area contributed by atoms with E-state index in [0.29, 0.717) is 28.9 Å². The Hall–Kier alpha value is -1.60. The molecule has 0 radical (unpaired) electrons. The molecule has 6 nitrogen and oxygen atoms in total.